The van der Waals surface area contributed by atoms with Gasteiger partial charge in [-0.25, -0.2) is 4.79 Å². The molecule has 0 aliphatic rings. The number of carboxylic acid groups (broad SMARTS) is 1. The number of carbonyl (C=O) groups is 1. The van der Waals surface area contributed by atoms with E-state index in [9.17, 15) is 4.79 Å². The highest BCUT2D eigenvalue weighted by atomic mass is 35.5. The van der Waals surface area contributed by atoms with Gasteiger partial charge in [-0.15, -0.1) is 0 Å². The van der Waals surface area contributed by atoms with Crippen molar-refractivity contribution < 1.29 is 9.90 Å². The van der Waals surface area contributed by atoms with E-state index in [1.54, 1.807) is 12.1 Å². The molecule has 0 fully saturated rings. The summed E-state index contributed by atoms with van der Waals surface area (Å²) in [5.74, 6) is -0.969. The number of aromatic carboxylic acids is 1. The second-order valence-electron chi connectivity index (χ2n) is 4.04. The predicted octanol–water partition coefficient (Wildman–Crippen LogP) is 2.72. The van der Waals surface area contributed by atoms with Gasteiger partial charge in [-0.05, 0) is 23.8 Å². The van der Waals surface area contributed by atoms with Crippen LogP contribution in [0, 0.1) is 0 Å². The first kappa shape index (κ1) is 13.5. The second-order valence-corrected chi connectivity index (χ2v) is 4.45. The molecule has 0 spiro atoms. The van der Waals surface area contributed by atoms with E-state index in [2.05, 4.69) is 10.3 Å². The molecular weight excluding hydrogens is 264 g/mol. The lowest BCUT2D eigenvalue weighted by atomic mass is 10.2. The molecule has 4 nitrogen and oxygen atoms in total. The minimum absolute atomic E-state index is 0.190. The van der Waals surface area contributed by atoms with Crippen LogP contribution >= 0.6 is 11.6 Å². The number of rotatable bonds is 5. The summed E-state index contributed by atoms with van der Waals surface area (Å²) in [6.45, 7) is 1.20. The Labute approximate surface area is 116 Å². The summed E-state index contributed by atoms with van der Waals surface area (Å²) in [5, 5.41) is 12.7. The van der Waals surface area contributed by atoms with Gasteiger partial charge in [0.2, 0.25) is 0 Å². The number of hydrogen-bond acceptors (Lipinski definition) is 3. The SMILES string of the molecule is O=C(O)c1ccc(CNCc2ccccc2Cl)nc1. The molecule has 0 amide bonds. The van der Waals surface area contributed by atoms with Crippen LogP contribution < -0.4 is 5.32 Å². The first-order chi connectivity index (χ1) is 9.16. The fraction of sp³-hybridized carbons (Fsp3) is 0.143. The zero-order valence-electron chi connectivity index (χ0n) is 10.1. The van der Waals surface area contributed by atoms with Gasteiger partial charge in [0.25, 0.3) is 0 Å². The van der Waals surface area contributed by atoms with Crippen molar-refractivity contribution in [1.82, 2.24) is 10.3 Å². The van der Waals surface area contributed by atoms with Gasteiger partial charge >= 0.3 is 5.97 Å². The average Bonchev–Trinajstić information content (AvgIpc) is 2.41. The summed E-state index contributed by atoms with van der Waals surface area (Å²) in [7, 11) is 0. The number of halogens is 1. The van der Waals surface area contributed by atoms with E-state index in [0.29, 0.717) is 13.1 Å². The molecule has 2 aromatic rings. The van der Waals surface area contributed by atoms with Crippen LogP contribution in [0.15, 0.2) is 42.6 Å². The lowest BCUT2D eigenvalue weighted by molar-refractivity contribution is 0.0696. The van der Waals surface area contributed by atoms with Crippen molar-refractivity contribution in [3.05, 3.63) is 64.4 Å². The highest BCUT2D eigenvalue weighted by molar-refractivity contribution is 6.31. The molecule has 1 aromatic carbocycles. The molecule has 1 aromatic heterocycles. The zero-order valence-corrected chi connectivity index (χ0v) is 10.9. The molecule has 0 bridgehead atoms. The third-order valence-electron chi connectivity index (χ3n) is 2.65. The molecule has 0 saturated heterocycles. The fourth-order valence-electron chi connectivity index (χ4n) is 1.62. The van der Waals surface area contributed by atoms with E-state index in [1.165, 1.54) is 6.20 Å². The topological polar surface area (TPSA) is 62.2 Å². The Hall–Kier alpha value is -1.91. The average molecular weight is 277 g/mol. The molecular formula is C14H13ClN2O2. The minimum atomic E-state index is -0.969. The maximum atomic E-state index is 10.7. The molecule has 0 radical (unpaired) electrons. The Morgan fingerprint density at radius 1 is 1.21 bits per heavy atom. The van der Waals surface area contributed by atoms with Crippen molar-refractivity contribution in [3.63, 3.8) is 0 Å². The second kappa shape index (κ2) is 6.31. The van der Waals surface area contributed by atoms with Crippen molar-refractivity contribution in [2.45, 2.75) is 13.1 Å². The summed E-state index contributed by atoms with van der Waals surface area (Å²) in [6, 6.07) is 10.9. The Bertz CT molecular complexity index is 570. The van der Waals surface area contributed by atoms with E-state index in [0.717, 1.165) is 16.3 Å². The van der Waals surface area contributed by atoms with Gasteiger partial charge in [0.1, 0.15) is 0 Å². The van der Waals surface area contributed by atoms with Gasteiger partial charge in [-0.2, -0.15) is 0 Å². The molecule has 0 aliphatic carbocycles. The molecule has 0 unspecified atom stereocenters. The highest BCUT2D eigenvalue weighted by Crippen LogP contribution is 2.14. The monoisotopic (exact) mass is 276 g/mol. The van der Waals surface area contributed by atoms with Gasteiger partial charge in [0, 0.05) is 24.3 Å². The molecule has 2 N–H and O–H groups in total. The first-order valence-electron chi connectivity index (χ1n) is 5.79. The number of nitrogens with zero attached hydrogens (tertiary/aromatic N) is 1. The van der Waals surface area contributed by atoms with Crippen LogP contribution in [-0.4, -0.2) is 16.1 Å². The third-order valence-corrected chi connectivity index (χ3v) is 3.02. The van der Waals surface area contributed by atoms with Crippen LogP contribution in [-0.2, 0) is 13.1 Å². The molecule has 0 saturated carbocycles. The van der Waals surface area contributed by atoms with Crippen molar-refractivity contribution in [1.29, 1.82) is 0 Å². The van der Waals surface area contributed by atoms with Crippen LogP contribution in [0.4, 0.5) is 0 Å². The molecule has 0 atom stereocenters. The quantitative estimate of drug-likeness (QED) is 0.881. The van der Waals surface area contributed by atoms with Gasteiger partial charge in [-0.1, -0.05) is 29.8 Å². The molecule has 2 rings (SSSR count). The first-order valence-corrected chi connectivity index (χ1v) is 6.17. The van der Waals surface area contributed by atoms with E-state index < -0.39 is 5.97 Å². The number of hydrogen-bond donors (Lipinski definition) is 2. The lowest BCUT2D eigenvalue weighted by Gasteiger charge is -2.06. The van der Waals surface area contributed by atoms with Crippen LogP contribution in [0.5, 0.6) is 0 Å². The van der Waals surface area contributed by atoms with Gasteiger partial charge < -0.3 is 10.4 Å². The summed E-state index contributed by atoms with van der Waals surface area (Å²) in [4.78, 5) is 14.8. The van der Waals surface area contributed by atoms with Gasteiger partial charge in [0.05, 0.1) is 11.3 Å². The number of aromatic nitrogens is 1. The predicted molar refractivity (Wildman–Crippen MR) is 73.2 cm³/mol. The van der Waals surface area contributed by atoms with Crippen molar-refractivity contribution in [2.75, 3.05) is 0 Å². The summed E-state index contributed by atoms with van der Waals surface area (Å²) in [5.41, 5.74) is 2.00. The maximum absolute atomic E-state index is 10.7. The van der Waals surface area contributed by atoms with Crippen molar-refractivity contribution in [3.8, 4) is 0 Å². The molecule has 5 heteroatoms. The number of pyridine rings is 1. The van der Waals surface area contributed by atoms with Gasteiger partial charge in [0.15, 0.2) is 0 Å². The molecule has 0 aliphatic heterocycles. The van der Waals surface area contributed by atoms with Crippen molar-refractivity contribution >= 4 is 17.6 Å². The number of nitrogens with one attached hydrogen (secondary N) is 1. The van der Waals surface area contributed by atoms with E-state index >= 15 is 0 Å². The Balaban J connectivity index is 1.89. The summed E-state index contributed by atoms with van der Waals surface area (Å²) >= 11 is 6.04. The largest absolute Gasteiger partial charge is 0.478 e. The fourth-order valence-corrected chi connectivity index (χ4v) is 1.83. The van der Waals surface area contributed by atoms with E-state index in [4.69, 9.17) is 16.7 Å². The molecule has 1 heterocycles. The van der Waals surface area contributed by atoms with Crippen LogP contribution in [0.3, 0.4) is 0 Å². The lowest BCUT2D eigenvalue weighted by Crippen LogP contribution is -2.14. The zero-order chi connectivity index (χ0) is 13.7. The normalized spacial score (nSPS) is 10.4. The Morgan fingerprint density at radius 3 is 2.63 bits per heavy atom. The highest BCUT2D eigenvalue weighted by Gasteiger charge is 2.03. The molecule has 19 heavy (non-hydrogen) atoms. The third kappa shape index (κ3) is 3.77. The standard InChI is InChI=1S/C14H13ClN2O2/c15-13-4-2-1-3-10(13)7-16-9-12-6-5-11(8-17-12)14(18)19/h1-6,8,16H,7,9H2,(H,18,19). The molecule has 98 valence electrons. The van der Waals surface area contributed by atoms with Crippen molar-refractivity contribution in [2.24, 2.45) is 0 Å². The van der Waals surface area contributed by atoms with E-state index in [-0.39, 0.29) is 5.56 Å². The summed E-state index contributed by atoms with van der Waals surface area (Å²) in [6.07, 6.45) is 1.36. The number of carboxylic acids is 1. The van der Waals surface area contributed by atoms with Crippen LogP contribution in [0.25, 0.3) is 0 Å². The Morgan fingerprint density at radius 2 is 2.00 bits per heavy atom. The van der Waals surface area contributed by atoms with E-state index in [1.807, 2.05) is 24.3 Å². The summed E-state index contributed by atoms with van der Waals surface area (Å²) < 4.78 is 0. The van der Waals surface area contributed by atoms with Gasteiger partial charge in [-0.3, -0.25) is 4.98 Å². The number of benzene rings is 1. The minimum Gasteiger partial charge on any atom is -0.478 e. The Kier molecular flexibility index (Phi) is 4.49. The maximum Gasteiger partial charge on any atom is 0.337 e. The smallest absolute Gasteiger partial charge is 0.337 e. The van der Waals surface area contributed by atoms with Crippen LogP contribution in [0.2, 0.25) is 5.02 Å². The van der Waals surface area contributed by atoms with Crippen LogP contribution in [0.1, 0.15) is 21.6 Å².